The molecule has 0 radical (unpaired) electrons. The van der Waals surface area contributed by atoms with Crippen LogP contribution in [-0.2, 0) is 9.47 Å². The van der Waals surface area contributed by atoms with E-state index in [1.807, 2.05) is 6.92 Å². The van der Waals surface area contributed by atoms with Gasteiger partial charge >= 0.3 is 0 Å². The number of rotatable bonds is 1. The molecule has 0 bridgehead atoms. The summed E-state index contributed by atoms with van der Waals surface area (Å²) in [5.41, 5.74) is 5.94. The summed E-state index contributed by atoms with van der Waals surface area (Å²) < 4.78 is 11.0. The number of ether oxygens (including phenoxy) is 2. The molecule has 0 aromatic carbocycles. The highest BCUT2D eigenvalue weighted by Crippen LogP contribution is 2.25. The first-order valence-electron chi connectivity index (χ1n) is 4.51. The predicted molar refractivity (Wildman–Crippen MR) is 47.9 cm³/mol. The van der Waals surface area contributed by atoms with Gasteiger partial charge in [0.25, 0.3) is 0 Å². The van der Waals surface area contributed by atoms with E-state index in [2.05, 4.69) is 13.8 Å². The van der Waals surface area contributed by atoms with Gasteiger partial charge in [0.1, 0.15) is 0 Å². The minimum atomic E-state index is 0.00111. The summed E-state index contributed by atoms with van der Waals surface area (Å²) in [7, 11) is 1.71. The molecule has 0 amide bonds. The Morgan fingerprint density at radius 1 is 1.17 bits per heavy atom. The number of hydrogen-bond donors (Lipinski definition) is 1. The van der Waals surface area contributed by atoms with Crippen LogP contribution in [0.2, 0.25) is 0 Å². The van der Waals surface area contributed by atoms with Gasteiger partial charge in [0.2, 0.25) is 0 Å². The maximum atomic E-state index is 5.94. The van der Waals surface area contributed by atoms with E-state index in [0.29, 0.717) is 5.92 Å². The topological polar surface area (TPSA) is 44.5 Å². The van der Waals surface area contributed by atoms with Crippen LogP contribution in [0.5, 0.6) is 0 Å². The van der Waals surface area contributed by atoms with Crippen LogP contribution in [0.3, 0.4) is 0 Å². The average Bonchev–Trinajstić information content (AvgIpc) is 2.02. The average molecular weight is 173 g/mol. The Kier molecular flexibility index (Phi) is 3.09. The Hall–Kier alpha value is -0.120. The maximum absolute atomic E-state index is 5.94. The van der Waals surface area contributed by atoms with E-state index in [1.54, 1.807) is 7.11 Å². The molecule has 12 heavy (non-hydrogen) atoms. The summed E-state index contributed by atoms with van der Waals surface area (Å²) in [6.07, 6.45) is 0.467. The largest absolute Gasteiger partial charge is 0.379 e. The first kappa shape index (κ1) is 9.96. The van der Waals surface area contributed by atoms with Gasteiger partial charge in [0.05, 0.1) is 24.4 Å². The van der Waals surface area contributed by atoms with Gasteiger partial charge in [0, 0.05) is 13.0 Å². The molecule has 5 atom stereocenters. The van der Waals surface area contributed by atoms with Crippen LogP contribution in [0.1, 0.15) is 20.8 Å². The van der Waals surface area contributed by atoms with Crippen LogP contribution in [0.25, 0.3) is 0 Å². The normalized spacial score (nSPS) is 49.2. The van der Waals surface area contributed by atoms with Crippen molar-refractivity contribution in [3.05, 3.63) is 0 Å². The van der Waals surface area contributed by atoms with E-state index in [9.17, 15) is 0 Å². The number of nitrogens with two attached hydrogens (primary N) is 1. The molecule has 0 spiro atoms. The van der Waals surface area contributed by atoms with Crippen molar-refractivity contribution in [1.29, 1.82) is 0 Å². The van der Waals surface area contributed by atoms with E-state index in [4.69, 9.17) is 15.2 Å². The van der Waals surface area contributed by atoms with E-state index >= 15 is 0 Å². The molecule has 0 saturated carbocycles. The molecule has 1 saturated heterocycles. The third-order valence-electron chi connectivity index (χ3n) is 2.88. The predicted octanol–water partition coefficient (Wildman–Crippen LogP) is 0.772. The van der Waals surface area contributed by atoms with Gasteiger partial charge in [-0.05, 0) is 13.8 Å². The standard InChI is InChI=1S/C9H19NO2/c1-5-6(2)12-7(3)8(10)9(5)11-4/h5-9H,10H2,1-4H3/t5?,6-,7?,8+,9-/m1/s1. The van der Waals surface area contributed by atoms with Gasteiger partial charge in [0.15, 0.2) is 0 Å². The van der Waals surface area contributed by atoms with Gasteiger partial charge in [-0.1, -0.05) is 6.92 Å². The molecule has 1 rings (SSSR count). The van der Waals surface area contributed by atoms with Crippen LogP contribution in [0.15, 0.2) is 0 Å². The molecule has 0 aromatic rings. The molecular formula is C9H19NO2. The van der Waals surface area contributed by atoms with Gasteiger partial charge in [-0.25, -0.2) is 0 Å². The fraction of sp³-hybridized carbons (Fsp3) is 1.00. The Labute approximate surface area is 74.2 Å². The summed E-state index contributed by atoms with van der Waals surface area (Å²) >= 11 is 0. The summed E-state index contributed by atoms with van der Waals surface area (Å²) in [5.74, 6) is 0.376. The van der Waals surface area contributed by atoms with E-state index < -0.39 is 0 Å². The highest BCUT2D eigenvalue weighted by atomic mass is 16.5. The van der Waals surface area contributed by atoms with E-state index in [0.717, 1.165) is 0 Å². The summed E-state index contributed by atoms with van der Waals surface area (Å²) in [6, 6.07) is 0.00111. The van der Waals surface area contributed by atoms with Gasteiger partial charge in [-0.2, -0.15) is 0 Å². The monoisotopic (exact) mass is 173 g/mol. The van der Waals surface area contributed by atoms with Crippen molar-refractivity contribution in [3.8, 4) is 0 Å². The Balaban J connectivity index is 2.67. The second kappa shape index (κ2) is 3.73. The molecular weight excluding hydrogens is 154 g/mol. The molecule has 1 heterocycles. The Morgan fingerprint density at radius 2 is 1.75 bits per heavy atom. The third kappa shape index (κ3) is 1.63. The Bertz CT molecular complexity index is 137. The summed E-state index contributed by atoms with van der Waals surface area (Å²) in [6.45, 7) is 6.18. The van der Waals surface area contributed by atoms with Crippen LogP contribution in [-0.4, -0.2) is 31.5 Å². The van der Waals surface area contributed by atoms with Crippen molar-refractivity contribution in [2.75, 3.05) is 7.11 Å². The van der Waals surface area contributed by atoms with Gasteiger partial charge < -0.3 is 15.2 Å². The number of hydrogen-bond acceptors (Lipinski definition) is 3. The van der Waals surface area contributed by atoms with Crippen molar-refractivity contribution in [3.63, 3.8) is 0 Å². The minimum absolute atomic E-state index is 0.00111. The highest BCUT2D eigenvalue weighted by Gasteiger charge is 2.37. The second-order valence-corrected chi connectivity index (χ2v) is 3.68. The lowest BCUT2D eigenvalue weighted by Gasteiger charge is -2.41. The minimum Gasteiger partial charge on any atom is -0.379 e. The third-order valence-corrected chi connectivity index (χ3v) is 2.88. The first-order valence-corrected chi connectivity index (χ1v) is 4.51. The zero-order valence-corrected chi connectivity index (χ0v) is 8.28. The molecule has 3 heteroatoms. The smallest absolute Gasteiger partial charge is 0.0797 e. The van der Waals surface area contributed by atoms with Crippen molar-refractivity contribution >= 4 is 0 Å². The van der Waals surface area contributed by atoms with Crippen LogP contribution in [0.4, 0.5) is 0 Å². The molecule has 3 nitrogen and oxygen atoms in total. The van der Waals surface area contributed by atoms with E-state index in [1.165, 1.54) is 0 Å². The SMILES string of the molecule is CO[C@@H]1C(C)[C@@H](C)OC(C)[C@@H]1N. The lowest BCUT2D eigenvalue weighted by molar-refractivity contribution is -0.139. The summed E-state index contributed by atoms with van der Waals surface area (Å²) in [5, 5.41) is 0. The molecule has 0 aromatic heterocycles. The molecule has 1 aliphatic heterocycles. The first-order chi connectivity index (χ1) is 5.57. The van der Waals surface area contributed by atoms with Crippen molar-refractivity contribution in [2.45, 2.75) is 45.1 Å². The zero-order chi connectivity index (χ0) is 9.30. The van der Waals surface area contributed by atoms with E-state index in [-0.39, 0.29) is 24.4 Å². The van der Waals surface area contributed by atoms with Crippen LogP contribution < -0.4 is 5.73 Å². The molecule has 1 aliphatic rings. The molecule has 0 aliphatic carbocycles. The van der Waals surface area contributed by atoms with Crippen LogP contribution >= 0.6 is 0 Å². The molecule has 1 fully saturated rings. The second-order valence-electron chi connectivity index (χ2n) is 3.68. The summed E-state index contributed by atoms with van der Waals surface area (Å²) in [4.78, 5) is 0. The zero-order valence-electron chi connectivity index (χ0n) is 8.28. The quantitative estimate of drug-likeness (QED) is 0.637. The van der Waals surface area contributed by atoms with Gasteiger partial charge in [-0.15, -0.1) is 0 Å². The fourth-order valence-corrected chi connectivity index (χ4v) is 1.81. The lowest BCUT2D eigenvalue weighted by atomic mass is 9.88. The molecule has 72 valence electrons. The fourth-order valence-electron chi connectivity index (χ4n) is 1.81. The van der Waals surface area contributed by atoms with Crippen molar-refractivity contribution in [2.24, 2.45) is 11.7 Å². The van der Waals surface area contributed by atoms with Crippen LogP contribution in [0, 0.1) is 5.92 Å². The Morgan fingerprint density at radius 3 is 2.25 bits per heavy atom. The molecule has 2 unspecified atom stereocenters. The van der Waals surface area contributed by atoms with Gasteiger partial charge in [-0.3, -0.25) is 0 Å². The molecule has 2 N–H and O–H groups in total. The lowest BCUT2D eigenvalue weighted by Crippen LogP contribution is -2.56. The highest BCUT2D eigenvalue weighted by molar-refractivity contribution is 4.90. The van der Waals surface area contributed by atoms with Crippen molar-refractivity contribution in [1.82, 2.24) is 0 Å². The number of methoxy groups -OCH3 is 1. The van der Waals surface area contributed by atoms with Crippen molar-refractivity contribution < 1.29 is 9.47 Å². The maximum Gasteiger partial charge on any atom is 0.0797 e.